The van der Waals surface area contributed by atoms with Crippen LogP contribution in [0, 0.1) is 0 Å². The zero-order valence-corrected chi connectivity index (χ0v) is 13.8. The number of hydrogen-bond acceptors (Lipinski definition) is 3. The average molecular weight is 325 g/mol. The Balaban J connectivity index is 0.00000176. The van der Waals surface area contributed by atoms with Gasteiger partial charge in [-0.1, -0.05) is 18.2 Å². The zero-order chi connectivity index (χ0) is 14.7. The summed E-state index contributed by atoms with van der Waals surface area (Å²) in [6.07, 6.45) is 5.94. The van der Waals surface area contributed by atoms with E-state index < -0.39 is 0 Å². The van der Waals surface area contributed by atoms with Crippen LogP contribution in [0.15, 0.2) is 24.3 Å². The Kier molecular flexibility index (Phi) is 6.09. The van der Waals surface area contributed by atoms with Crippen molar-refractivity contribution in [1.82, 2.24) is 10.6 Å². The lowest BCUT2D eigenvalue weighted by molar-refractivity contribution is -0.122. The molecule has 0 aromatic heterocycles. The van der Waals surface area contributed by atoms with Crippen molar-refractivity contribution in [3.05, 3.63) is 29.8 Å². The number of rotatable bonds is 5. The van der Waals surface area contributed by atoms with Gasteiger partial charge >= 0.3 is 0 Å². The molecule has 0 radical (unpaired) electrons. The minimum Gasteiger partial charge on any atom is -0.496 e. The van der Waals surface area contributed by atoms with Crippen molar-refractivity contribution in [3.63, 3.8) is 0 Å². The molecule has 0 saturated carbocycles. The first kappa shape index (κ1) is 17.1. The molecular weight excluding hydrogens is 300 g/mol. The lowest BCUT2D eigenvalue weighted by Crippen LogP contribution is -2.48. The third-order valence-electron chi connectivity index (χ3n) is 4.65. The van der Waals surface area contributed by atoms with E-state index in [0.717, 1.165) is 30.6 Å². The van der Waals surface area contributed by atoms with Gasteiger partial charge in [-0.3, -0.25) is 4.79 Å². The smallest absolute Gasteiger partial charge is 0.220 e. The predicted octanol–water partition coefficient (Wildman–Crippen LogP) is 2.45. The number of piperidine rings is 1. The van der Waals surface area contributed by atoms with Crippen molar-refractivity contribution in [2.24, 2.45) is 0 Å². The number of carbonyl (C=O) groups is 1. The Morgan fingerprint density at radius 3 is 2.64 bits per heavy atom. The Labute approximate surface area is 138 Å². The highest BCUT2D eigenvalue weighted by Crippen LogP contribution is 2.27. The molecule has 2 aliphatic rings. The molecule has 2 unspecified atom stereocenters. The third kappa shape index (κ3) is 4.14. The highest BCUT2D eigenvalue weighted by atomic mass is 35.5. The molecule has 0 spiro atoms. The molecule has 0 aliphatic carbocycles. The number of para-hydroxylation sites is 1. The van der Waals surface area contributed by atoms with Crippen LogP contribution in [-0.4, -0.2) is 31.1 Å². The summed E-state index contributed by atoms with van der Waals surface area (Å²) in [5.74, 6) is 1.03. The SMILES string of the molecule is COc1ccccc1CCC(=O)NC1CC2CCC(C1)N2.Cl. The molecule has 2 aliphatic heterocycles. The fraction of sp³-hybridized carbons (Fsp3) is 0.588. The Hall–Kier alpha value is -1.26. The van der Waals surface area contributed by atoms with Crippen molar-refractivity contribution in [3.8, 4) is 5.75 Å². The number of ether oxygens (including phenoxy) is 1. The van der Waals surface area contributed by atoms with E-state index in [1.807, 2.05) is 24.3 Å². The minimum atomic E-state index is 0. The summed E-state index contributed by atoms with van der Waals surface area (Å²) in [7, 11) is 1.67. The number of carbonyl (C=O) groups excluding carboxylic acids is 1. The largest absolute Gasteiger partial charge is 0.496 e. The molecule has 1 aromatic carbocycles. The summed E-state index contributed by atoms with van der Waals surface area (Å²) in [5.41, 5.74) is 1.10. The van der Waals surface area contributed by atoms with Gasteiger partial charge in [0, 0.05) is 24.5 Å². The highest BCUT2D eigenvalue weighted by molar-refractivity contribution is 5.85. The third-order valence-corrected chi connectivity index (χ3v) is 4.65. The Morgan fingerprint density at radius 1 is 1.27 bits per heavy atom. The lowest BCUT2D eigenvalue weighted by Gasteiger charge is -2.29. The Morgan fingerprint density at radius 2 is 1.95 bits per heavy atom. The van der Waals surface area contributed by atoms with Gasteiger partial charge in [0.2, 0.25) is 5.91 Å². The fourth-order valence-corrected chi connectivity index (χ4v) is 3.63. The number of halogens is 1. The monoisotopic (exact) mass is 324 g/mol. The first-order chi connectivity index (χ1) is 10.2. The van der Waals surface area contributed by atoms with Gasteiger partial charge in [0.15, 0.2) is 0 Å². The first-order valence-corrected chi connectivity index (χ1v) is 7.92. The molecule has 4 nitrogen and oxygen atoms in total. The predicted molar refractivity (Wildman–Crippen MR) is 89.7 cm³/mol. The van der Waals surface area contributed by atoms with Crippen LogP contribution in [0.5, 0.6) is 5.75 Å². The molecular formula is C17H25ClN2O2. The minimum absolute atomic E-state index is 0. The highest BCUT2D eigenvalue weighted by Gasteiger charge is 2.33. The van der Waals surface area contributed by atoms with Crippen molar-refractivity contribution in [2.75, 3.05) is 7.11 Å². The van der Waals surface area contributed by atoms with Gasteiger partial charge in [-0.2, -0.15) is 0 Å². The second kappa shape index (κ2) is 7.84. The van der Waals surface area contributed by atoms with E-state index in [2.05, 4.69) is 10.6 Å². The molecule has 1 amide bonds. The van der Waals surface area contributed by atoms with E-state index in [4.69, 9.17) is 4.74 Å². The molecule has 2 fully saturated rings. The van der Waals surface area contributed by atoms with Gasteiger partial charge in [0.25, 0.3) is 0 Å². The van der Waals surface area contributed by atoms with E-state index >= 15 is 0 Å². The molecule has 2 heterocycles. The molecule has 22 heavy (non-hydrogen) atoms. The van der Waals surface area contributed by atoms with Crippen LogP contribution in [0.2, 0.25) is 0 Å². The summed E-state index contributed by atoms with van der Waals surface area (Å²) in [5, 5.41) is 6.81. The molecule has 2 saturated heterocycles. The lowest BCUT2D eigenvalue weighted by atomic mass is 9.99. The van der Waals surface area contributed by atoms with Gasteiger partial charge in [-0.05, 0) is 43.7 Å². The number of benzene rings is 1. The van der Waals surface area contributed by atoms with Crippen LogP contribution >= 0.6 is 12.4 Å². The van der Waals surface area contributed by atoms with Gasteiger partial charge in [-0.25, -0.2) is 0 Å². The summed E-state index contributed by atoms with van der Waals surface area (Å²) < 4.78 is 5.32. The normalized spacial score (nSPS) is 26.1. The van der Waals surface area contributed by atoms with Crippen LogP contribution in [0.3, 0.4) is 0 Å². The van der Waals surface area contributed by atoms with Gasteiger partial charge in [0.05, 0.1) is 7.11 Å². The molecule has 2 atom stereocenters. The van der Waals surface area contributed by atoms with E-state index in [1.54, 1.807) is 7.11 Å². The Bertz CT molecular complexity index is 497. The van der Waals surface area contributed by atoms with Crippen molar-refractivity contribution in [2.45, 2.75) is 56.7 Å². The van der Waals surface area contributed by atoms with Gasteiger partial charge < -0.3 is 15.4 Å². The molecule has 3 rings (SSSR count). The van der Waals surface area contributed by atoms with Crippen molar-refractivity contribution in [1.29, 1.82) is 0 Å². The van der Waals surface area contributed by atoms with Crippen molar-refractivity contribution < 1.29 is 9.53 Å². The standard InChI is InChI=1S/C17H24N2O2.ClH/c1-21-16-5-3-2-4-12(16)6-9-17(20)19-15-10-13-7-8-14(11-15)18-13;/h2-5,13-15,18H,6-11H2,1H3,(H,19,20);1H. The summed E-state index contributed by atoms with van der Waals surface area (Å²) in [4.78, 5) is 12.1. The number of aryl methyl sites for hydroxylation is 1. The first-order valence-electron chi connectivity index (χ1n) is 7.92. The maximum atomic E-state index is 12.1. The second-order valence-electron chi connectivity index (χ2n) is 6.19. The quantitative estimate of drug-likeness (QED) is 0.874. The number of methoxy groups -OCH3 is 1. The number of amides is 1. The topological polar surface area (TPSA) is 50.4 Å². The summed E-state index contributed by atoms with van der Waals surface area (Å²) in [6, 6.07) is 9.49. The maximum Gasteiger partial charge on any atom is 0.220 e. The maximum absolute atomic E-state index is 12.1. The summed E-state index contributed by atoms with van der Waals surface area (Å²) in [6.45, 7) is 0. The van der Waals surface area contributed by atoms with Crippen LogP contribution in [0.25, 0.3) is 0 Å². The molecule has 2 bridgehead atoms. The second-order valence-corrected chi connectivity index (χ2v) is 6.19. The number of hydrogen-bond donors (Lipinski definition) is 2. The zero-order valence-electron chi connectivity index (χ0n) is 13.0. The van der Waals surface area contributed by atoms with Gasteiger partial charge in [-0.15, -0.1) is 12.4 Å². The summed E-state index contributed by atoms with van der Waals surface area (Å²) >= 11 is 0. The fourth-order valence-electron chi connectivity index (χ4n) is 3.63. The van der Waals surface area contributed by atoms with E-state index in [1.165, 1.54) is 12.8 Å². The van der Waals surface area contributed by atoms with Crippen LogP contribution in [-0.2, 0) is 11.2 Å². The van der Waals surface area contributed by atoms with Crippen LogP contribution < -0.4 is 15.4 Å². The average Bonchev–Trinajstić information content (AvgIpc) is 2.84. The van der Waals surface area contributed by atoms with E-state index in [0.29, 0.717) is 24.5 Å². The molecule has 122 valence electrons. The molecule has 2 N–H and O–H groups in total. The molecule has 1 aromatic rings. The van der Waals surface area contributed by atoms with Crippen molar-refractivity contribution >= 4 is 18.3 Å². The van der Waals surface area contributed by atoms with E-state index in [9.17, 15) is 4.79 Å². The molecule has 5 heteroatoms. The van der Waals surface area contributed by atoms with E-state index in [-0.39, 0.29) is 18.3 Å². The van der Waals surface area contributed by atoms with Crippen LogP contribution in [0.4, 0.5) is 0 Å². The van der Waals surface area contributed by atoms with Crippen LogP contribution in [0.1, 0.15) is 37.7 Å². The van der Waals surface area contributed by atoms with Gasteiger partial charge in [0.1, 0.15) is 5.75 Å². The number of fused-ring (bicyclic) bond motifs is 2. The number of nitrogens with one attached hydrogen (secondary N) is 2.